The number of carbonyl (C=O) groups excluding carboxylic acids is 1. The molecule has 0 saturated carbocycles. The lowest BCUT2D eigenvalue weighted by Crippen LogP contribution is -2.40. The summed E-state index contributed by atoms with van der Waals surface area (Å²) in [5.74, 6) is 0.887. The maximum absolute atomic E-state index is 12.0. The Morgan fingerprint density at radius 1 is 1.23 bits per heavy atom. The number of halogens is 1. The molecule has 0 aliphatic heterocycles. The number of nitrogens with zero attached hydrogens (tertiary/aromatic N) is 3. The summed E-state index contributed by atoms with van der Waals surface area (Å²) in [7, 11) is 1.74. The molecule has 0 aliphatic carbocycles. The molecule has 1 amide bonds. The van der Waals surface area contributed by atoms with Crippen LogP contribution < -0.4 is 16.0 Å². The highest BCUT2D eigenvalue weighted by Gasteiger charge is 2.12. The Labute approximate surface area is 199 Å². The SMILES string of the molecule is CN=C(NCCCNC(=O)c1occc1C)NC(C)c1cccc(-n2cccn2)c1.I. The first-order valence-corrected chi connectivity index (χ1v) is 9.98. The van der Waals surface area contributed by atoms with Crippen molar-refractivity contribution in [2.24, 2.45) is 4.99 Å². The molecule has 3 aromatic rings. The van der Waals surface area contributed by atoms with Gasteiger partial charge in [-0.25, -0.2) is 4.68 Å². The van der Waals surface area contributed by atoms with E-state index in [-0.39, 0.29) is 35.9 Å². The van der Waals surface area contributed by atoms with E-state index in [0.717, 1.165) is 23.2 Å². The Balaban J connectivity index is 0.00000341. The molecular weight excluding hydrogens is 507 g/mol. The largest absolute Gasteiger partial charge is 0.459 e. The lowest BCUT2D eigenvalue weighted by molar-refractivity contribution is 0.0925. The molecule has 0 saturated heterocycles. The lowest BCUT2D eigenvalue weighted by atomic mass is 10.1. The summed E-state index contributed by atoms with van der Waals surface area (Å²) in [6.07, 6.45) is 5.96. The highest BCUT2D eigenvalue weighted by molar-refractivity contribution is 14.0. The van der Waals surface area contributed by atoms with Crippen molar-refractivity contribution in [1.29, 1.82) is 0 Å². The van der Waals surface area contributed by atoms with Crippen LogP contribution in [-0.2, 0) is 0 Å². The lowest BCUT2D eigenvalue weighted by Gasteiger charge is -2.19. The van der Waals surface area contributed by atoms with Gasteiger partial charge in [0.05, 0.1) is 18.0 Å². The van der Waals surface area contributed by atoms with E-state index in [1.165, 1.54) is 6.26 Å². The van der Waals surface area contributed by atoms with Gasteiger partial charge in [0.2, 0.25) is 0 Å². The van der Waals surface area contributed by atoms with Gasteiger partial charge in [0.15, 0.2) is 11.7 Å². The fourth-order valence-corrected chi connectivity index (χ4v) is 3.02. The number of rotatable bonds is 8. The first kappa shape index (κ1) is 24.4. The van der Waals surface area contributed by atoms with E-state index in [0.29, 0.717) is 24.8 Å². The van der Waals surface area contributed by atoms with Crippen LogP contribution in [0.4, 0.5) is 0 Å². The molecular formula is C22H29IN6O2. The molecule has 0 spiro atoms. The Morgan fingerprint density at radius 2 is 2.03 bits per heavy atom. The van der Waals surface area contributed by atoms with Crippen molar-refractivity contribution >= 4 is 35.8 Å². The molecule has 0 aliphatic rings. The number of hydrogen-bond acceptors (Lipinski definition) is 4. The molecule has 0 fully saturated rings. The fraction of sp³-hybridized carbons (Fsp3) is 0.318. The van der Waals surface area contributed by atoms with Gasteiger partial charge in [-0.15, -0.1) is 24.0 Å². The Bertz CT molecular complexity index is 984. The van der Waals surface area contributed by atoms with Crippen LogP contribution in [0.5, 0.6) is 0 Å². The average molecular weight is 536 g/mol. The molecule has 8 nitrogen and oxygen atoms in total. The first-order chi connectivity index (χ1) is 14.6. The predicted molar refractivity (Wildman–Crippen MR) is 132 cm³/mol. The summed E-state index contributed by atoms with van der Waals surface area (Å²) in [5.41, 5.74) is 2.98. The summed E-state index contributed by atoms with van der Waals surface area (Å²) in [5, 5.41) is 13.8. The number of amides is 1. The minimum Gasteiger partial charge on any atom is -0.459 e. The monoisotopic (exact) mass is 536 g/mol. The quantitative estimate of drug-likeness (QED) is 0.178. The minimum atomic E-state index is -0.189. The fourth-order valence-electron chi connectivity index (χ4n) is 3.02. The van der Waals surface area contributed by atoms with Crippen LogP contribution in [0.25, 0.3) is 5.69 Å². The number of hydrogen-bond donors (Lipinski definition) is 3. The Kier molecular flexibility index (Phi) is 9.57. The second-order valence-corrected chi connectivity index (χ2v) is 6.95. The Hall–Kier alpha value is -2.82. The van der Waals surface area contributed by atoms with Crippen molar-refractivity contribution in [3.63, 3.8) is 0 Å². The zero-order chi connectivity index (χ0) is 21.3. The van der Waals surface area contributed by atoms with Gasteiger partial charge in [-0.3, -0.25) is 9.79 Å². The van der Waals surface area contributed by atoms with Crippen molar-refractivity contribution in [2.75, 3.05) is 20.1 Å². The number of aromatic nitrogens is 2. The van der Waals surface area contributed by atoms with Crippen molar-refractivity contribution in [3.05, 3.63) is 71.9 Å². The van der Waals surface area contributed by atoms with Crippen molar-refractivity contribution in [3.8, 4) is 5.69 Å². The maximum Gasteiger partial charge on any atom is 0.287 e. The zero-order valence-corrected chi connectivity index (χ0v) is 20.3. The normalized spacial score (nSPS) is 12.0. The maximum atomic E-state index is 12.0. The highest BCUT2D eigenvalue weighted by Crippen LogP contribution is 2.16. The summed E-state index contributed by atoms with van der Waals surface area (Å²) in [6, 6.07) is 12.0. The molecule has 31 heavy (non-hydrogen) atoms. The molecule has 0 radical (unpaired) electrons. The first-order valence-electron chi connectivity index (χ1n) is 9.98. The minimum absolute atomic E-state index is 0. The third kappa shape index (κ3) is 6.84. The van der Waals surface area contributed by atoms with E-state index in [4.69, 9.17) is 4.42 Å². The van der Waals surface area contributed by atoms with Crippen molar-refractivity contribution in [2.45, 2.75) is 26.3 Å². The topological polar surface area (TPSA) is 96.5 Å². The van der Waals surface area contributed by atoms with E-state index in [1.54, 1.807) is 19.3 Å². The van der Waals surface area contributed by atoms with Gasteiger partial charge in [0.25, 0.3) is 5.91 Å². The summed E-state index contributed by atoms with van der Waals surface area (Å²) in [6.45, 7) is 5.16. The highest BCUT2D eigenvalue weighted by atomic mass is 127. The summed E-state index contributed by atoms with van der Waals surface area (Å²) < 4.78 is 7.03. The molecule has 9 heteroatoms. The molecule has 1 atom stereocenters. The molecule has 2 heterocycles. The van der Waals surface area contributed by atoms with E-state index in [9.17, 15) is 4.79 Å². The van der Waals surface area contributed by atoms with E-state index in [1.807, 2.05) is 36.0 Å². The van der Waals surface area contributed by atoms with Gasteiger partial charge in [0.1, 0.15) is 0 Å². The van der Waals surface area contributed by atoms with E-state index < -0.39 is 0 Å². The van der Waals surface area contributed by atoms with Gasteiger partial charge in [-0.05, 0) is 50.1 Å². The van der Waals surface area contributed by atoms with Gasteiger partial charge in [-0.1, -0.05) is 12.1 Å². The zero-order valence-electron chi connectivity index (χ0n) is 18.0. The van der Waals surface area contributed by atoms with Crippen LogP contribution in [-0.4, -0.2) is 41.8 Å². The van der Waals surface area contributed by atoms with Gasteiger partial charge in [-0.2, -0.15) is 5.10 Å². The van der Waals surface area contributed by atoms with Crippen LogP contribution in [0.3, 0.4) is 0 Å². The van der Waals surface area contributed by atoms with Crippen LogP contribution in [0.15, 0.2) is 64.5 Å². The smallest absolute Gasteiger partial charge is 0.287 e. The van der Waals surface area contributed by atoms with Crippen LogP contribution in [0.1, 0.15) is 41.1 Å². The summed E-state index contributed by atoms with van der Waals surface area (Å²) >= 11 is 0. The molecule has 1 aromatic carbocycles. The van der Waals surface area contributed by atoms with E-state index in [2.05, 4.69) is 45.1 Å². The summed E-state index contributed by atoms with van der Waals surface area (Å²) in [4.78, 5) is 16.3. The molecule has 3 rings (SSSR count). The van der Waals surface area contributed by atoms with Gasteiger partial charge >= 0.3 is 0 Å². The molecule has 0 bridgehead atoms. The number of furan rings is 1. The van der Waals surface area contributed by atoms with Crippen LogP contribution in [0, 0.1) is 6.92 Å². The number of nitrogens with one attached hydrogen (secondary N) is 3. The standard InChI is InChI=1S/C22H28N6O2.HI/c1-16-9-14-30-20(16)21(29)24-10-5-11-25-22(23-3)27-17(2)18-7-4-8-19(15-18)28-13-6-12-26-28;/h4,6-9,12-15,17H,5,10-11H2,1-3H3,(H,24,29)(H2,23,25,27);1H. The average Bonchev–Trinajstić information content (AvgIpc) is 3.44. The number of carbonyl (C=O) groups is 1. The number of benzene rings is 1. The number of aliphatic imine (C=N–C) groups is 1. The van der Waals surface area contributed by atoms with Gasteiger partial charge in [0, 0.05) is 38.1 Å². The molecule has 2 aromatic heterocycles. The second kappa shape index (κ2) is 12.1. The molecule has 1 unspecified atom stereocenters. The third-order valence-electron chi connectivity index (χ3n) is 4.72. The van der Waals surface area contributed by atoms with E-state index >= 15 is 0 Å². The molecule has 166 valence electrons. The number of aryl methyl sites for hydroxylation is 1. The van der Waals surface area contributed by atoms with Crippen LogP contribution in [0.2, 0.25) is 0 Å². The molecule has 3 N–H and O–H groups in total. The van der Waals surface area contributed by atoms with Crippen molar-refractivity contribution < 1.29 is 9.21 Å². The van der Waals surface area contributed by atoms with Gasteiger partial charge < -0.3 is 20.4 Å². The Morgan fingerprint density at radius 3 is 2.71 bits per heavy atom. The van der Waals surface area contributed by atoms with Crippen LogP contribution >= 0.6 is 24.0 Å². The third-order valence-corrected chi connectivity index (χ3v) is 4.72. The second-order valence-electron chi connectivity index (χ2n) is 6.95. The predicted octanol–water partition coefficient (Wildman–Crippen LogP) is 3.44. The number of guanidine groups is 1. The van der Waals surface area contributed by atoms with Crippen molar-refractivity contribution in [1.82, 2.24) is 25.7 Å².